The van der Waals surface area contributed by atoms with Gasteiger partial charge in [-0.15, -0.1) is 0 Å². The summed E-state index contributed by atoms with van der Waals surface area (Å²) in [5.74, 6) is -0.928. The van der Waals surface area contributed by atoms with E-state index in [1.807, 2.05) is 0 Å². The summed E-state index contributed by atoms with van der Waals surface area (Å²) < 4.78 is 4.87. The van der Waals surface area contributed by atoms with Crippen LogP contribution < -0.4 is 5.32 Å². The van der Waals surface area contributed by atoms with Crippen LogP contribution >= 0.6 is 0 Å². The smallest absolute Gasteiger partial charge is 0.328 e. The minimum atomic E-state index is -0.852. The van der Waals surface area contributed by atoms with Crippen LogP contribution in [-0.4, -0.2) is 29.4 Å². The lowest BCUT2D eigenvalue weighted by molar-refractivity contribution is -0.384. The largest absolute Gasteiger partial charge is 0.464 e. The van der Waals surface area contributed by atoms with Crippen molar-refractivity contribution >= 4 is 17.6 Å². The van der Waals surface area contributed by atoms with Gasteiger partial charge >= 0.3 is 5.97 Å². The first-order valence-electron chi connectivity index (χ1n) is 6.11. The highest BCUT2D eigenvalue weighted by Crippen LogP contribution is 2.14. The summed E-state index contributed by atoms with van der Waals surface area (Å²) in [4.78, 5) is 33.0. The number of esters is 1. The molecule has 0 heterocycles. The molecule has 0 spiro atoms. The van der Waals surface area contributed by atoms with Gasteiger partial charge in [0.15, 0.2) is 0 Å². The van der Waals surface area contributed by atoms with Gasteiger partial charge in [-0.1, -0.05) is 12.1 Å². The number of nitro benzene ring substituents is 1. The number of rotatable bonds is 6. The van der Waals surface area contributed by atoms with Crippen molar-refractivity contribution in [2.24, 2.45) is 0 Å². The van der Waals surface area contributed by atoms with Crippen molar-refractivity contribution in [1.29, 1.82) is 0 Å². The van der Waals surface area contributed by atoms with Gasteiger partial charge < -0.3 is 10.1 Å². The molecule has 0 bridgehead atoms. The molecule has 0 aliphatic heterocycles. The van der Waals surface area contributed by atoms with E-state index in [2.05, 4.69) is 5.32 Å². The van der Waals surface area contributed by atoms with Gasteiger partial charge in [-0.05, 0) is 12.5 Å². The fourth-order valence-corrected chi connectivity index (χ4v) is 1.71. The van der Waals surface area contributed by atoms with Crippen LogP contribution in [0.25, 0.3) is 0 Å². The van der Waals surface area contributed by atoms with Gasteiger partial charge in [0.05, 0.1) is 11.5 Å². The molecule has 20 heavy (non-hydrogen) atoms. The Morgan fingerprint density at radius 2 is 2.15 bits per heavy atom. The number of amides is 1. The van der Waals surface area contributed by atoms with Crippen molar-refractivity contribution in [2.75, 3.05) is 6.61 Å². The lowest BCUT2D eigenvalue weighted by Gasteiger charge is -2.16. The van der Waals surface area contributed by atoms with Crippen molar-refractivity contribution in [1.82, 2.24) is 5.32 Å². The molecule has 0 radical (unpaired) electrons. The van der Waals surface area contributed by atoms with E-state index in [9.17, 15) is 19.7 Å². The molecule has 1 aromatic rings. The van der Waals surface area contributed by atoms with Crippen molar-refractivity contribution in [3.8, 4) is 0 Å². The van der Waals surface area contributed by atoms with E-state index in [0.29, 0.717) is 5.56 Å². The highest BCUT2D eigenvalue weighted by Gasteiger charge is 2.21. The van der Waals surface area contributed by atoms with E-state index in [1.165, 1.54) is 25.1 Å². The van der Waals surface area contributed by atoms with Crippen LogP contribution in [0.2, 0.25) is 0 Å². The summed E-state index contributed by atoms with van der Waals surface area (Å²) in [6.45, 7) is 3.15. The molecule has 1 atom stereocenters. The average molecular weight is 280 g/mol. The second-order valence-electron chi connectivity index (χ2n) is 4.14. The molecule has 108 valence electrons. The Morgan fingerprint density at radius 1 is 1.45 bits per heavy atom. The molecule has 1 amide bonds. The third kappa shape index (κ3) is 4.68. The van der Waals surface area contributed by atoms with Crippen molar-refractivity contribution in [3.05, 3.63) is 39.9 Å². The molecule has 7 nitrogen and oxygen atoms in total. The second-order valence-corrected chi connectivity index (χ2v) is 4.14. The molecule has 0 fully saturated rings. The first kappa shape index (κ1) is 15.6. The van der Waals surface area contributed by atoms with Crippen LogP contribution in [0.1, 0.15) is 19.4 Å². The summed E-state index contributed by atoms with van der Waals surface area (Å²) in [5, 5.41) is 13.2. The molecule has 1 N–H and O–H groups in total. The molecule has 7 heteroatoms. The quantitative estimate of drug-likeness (QED) is 0.479. The van der Waals surface area contributed by atoms with Crippen molar-refractivity contribution in [3.63, 3.8) is 0 Å². The lowest BCUT2D eigenvalue weighted by Crippen LogP contribution is -2.42. The van der Waals surface area contributed by atoms with Gasteiger partial charge in [0.1, 0.15) is 6.04 Å². The third-order valence-corrected chi connectivity index (χ3v) is 2.51. The maximum absolute atomic E-state index is 11.7. The Morgan fingerprint density at radius 3 is 2.70 bits per heavy atom. The van der Waals surface area contributed by atoms with Crippen molar-refractivity contribution in [2.45, 2.75) is 26.3 Å². The topological polar surface area (TPSA) is 98.5 Å². The van der Waals surface area contributed by atoms with E-state index in [4.69, 9.17) is 4.74 Å². The molecule has 0 saturated heterocycles. The van der Waals surface area contributed by atoms with Crippen LogP contribution in [-0.2, 0) is 20.7 Å². The predicted molar refractivity (Wildman–Crippen MR) is 71.0 cm³/mol. The Bertz CT molecular complexity index is 515. The maximum Gasteiger partial charge on any atom is 0.328 e. The van der Waals surface area contributed by atoms with E-state index in [-0.39, 0.29) is 24.6 Å². The second kappa shape index (κ2) is 7.22. The first-order valence-corrected chi connectivity index (χ1v) is 6.11. The van der Waals surface area contributed by atoms with Crippen LogP contribution in [0, 0.1) is 10.1 Å². The van der Waals surface area contributed by atoms with Crippen LogP contribution in [0.15, 0.2) is 24.3 Å². The van der Waals surface area contributed by atoms with E-state index < -0.39 is 16.9 Å². The molecule has 1 aromatic carbocycles. The highest BCUT2D eigenvalue weighted by molar-refractivity contribution is 5.83. The SMILES string of the molecule is CCOC(=O)[C@H](Cc1cccc([N+](=O)[O-])c1)NC(C)=O. The highest BCUT2D eigenvalue weighted by atomic mass is 16.6. The number of hydrogen-bond acceptors (Lipinski definition) is 5. The van der Waals surface area contributed by atoms with Gasteiger partial charge in [-0.2, -0.15) is 0 Å². The standard InChI is InChI=1S/C13H16N2O5/c1-3-20-13(17)12(14-9(2)16)8-10-5-4-6-11(7-10)15(18)19/h4-7,12H,3,8H2,1-2H3,(H,14,16)/t12-/m0/s1. The lowest BCUT2D eigenvalue weighted by atomic mass is 10.1. The number of carbonyl (C=O) groups is 2. The monoisotopic (exact) mass is 280 g/mol. The Balaban J connectivity index is 2.88. The Hall–Kier alpha value is -2.44. The number of nitrogens with one attached hydrogen (secondary N) is 1. The number of benzene rings is 1. The minimum Gasteiger partial charge on any atom is -0.464 e. The number of nitro groups is 1. The molecule has 0 aliphatic carbocycles. The molecule has 0 aliphatic rings. The molecule has 0 unspecified atom stereocenters. The summed E-state index contributed by atoms with van der Waals surface area (Å²) in [6, 6.07) is 5.06. The minimum absolute atomic E-state index is 0.0621. The number of non-ortho nitro benzene ring substituents is 1. The van der Waals surface area contributed by atoms with Crippen molar-refractivity contribution < 1.29 is 19.2 Å². The van der Waals surface area contributed by atoms with Gasteiger partial charge in [0.25, 0.3) is 5.69 Å². The van der Waals surface area contributed by atoms with Gasteiger partial charge in [0, 0.05) is 25.5 Å². The number of ether oxygens (including phenoxy) is 1. The molecule has 0 aromatic heterocycles. The van der Waals surface area contributed by atoms with Gasteiger partial charge in [0.2, 0.25) is 5.91 Å². The fourth-order valence-electron chi connectivity index (χ4n) is 1.71. The zero-order valence-electron chi connectivity index (χ0n) is 11.3. The van der Waals surface area contributed by atoms with E-state index in [1.54, 1.807) is 13.0 Å². The third-order valence-electron chi connectivity index (χ3n) is 2.51. The summed E-state index contributed by atoms with van der Waals surface area (Å²) in [7, 11) is 0. The zero-order chi connectivity index (χ0) is 15.1. The van der Waals surface area contributed by atoms with Crippen LogP contribution in [0.3, 0.4) is 0 Å². The summed E-state index contributed by atoms with van der Waals surface area (Å²) in [5.41, 5.74) is 0.513. The fraction of sp³-hybridized carbons (Fsp3) is 0.385. The molecule has 0 saturated carbocycles. The van der Waals surface area contributed by atoms with Crippen LogP contribution in [0.5, 0.6) is 0 Å². The molecule has 1 rings (SSSR count). The number of nitrogens with zero attached hydrogens (tertiary/aromatic N) is 1. The number of hydrogen-bond donors (Lipinski definition) is 1. The van der Waals surface area contributed by atoms with E-state index in [0.717, 1.165) is 0 Å². The molecular formula is C13H16N2O5. The summed E-state index contributed by atoms with van der Waals surface area (Å²) >= 11 is 0. The van der Waals surface area contributed by atoms with Gasteiger partial charge in [-0.3, -0.25) is 14.9 Å². The maximum atomic E-state index is 11.7. The Kier molecular flexibility index (Phi) is 5.64. The predicted octanol–water partition coefficient (Wildman–Crippen LogP) is 1.21. The van der Waals surface area contributed by atoms with Gasteiger partial charge in [-0.25, -0.2) is 4.79 Å². The summed E-state index contributed by atoms with van der Waals surface area (Å²) in [6.07, 6.45) is 0.139. The Labute approximate surface area is 116 Å². The first-order chi connectivity index (χ1) is 9.43. The normalized spacial score (nSPS) is 11.5. The van der Waals surface area contributed by atoms with E-state index >= 15 is 0 Å². The number of carbonyl (C=O) groups excluding carboxylic acids is 2. The zero-order valence-corrected chi connectivity index (χ0v) is 11.3. The average Bonchev–Trinajstić information content (AvgIpc) is 2.38. The van der Waals surface area contributed by atoms with Crippen LogP contribution in [0.4, 0.5) is 5.69 Å². The molecular weight excluding hydrogens is 264 g/mol.